The number of hydrogen-bond acceptors (Lipinski definition) is 2. The molecule has 0 radical (unpaired) electrons. The Morgan fingerprint density at radius 2 is 1.76 bits per heavy atom. The summed E-state index contributed by atoms with van der Waals surface area (Å²) < 4.78 is 26.9. The number of rotatable bonds is 3. The maximum Gasteiger partial charge on any atom is 0.321 e. The molecule has 25 heavy (non-hydrogen) atoms. The molecular formula is C18H18ClF2N3O. The van der Waals surface area contributed by atoms with Crippen LogP contribution in [0, 0.1) is 11.6 Å². The van der Waals surface area contributed by atoms with Gasteiger partial charge in [-0.15, -0.1) is 0 Å². The Hall–Kier alpha value is -2.18. The zero-order chi connectivity index (χ0) is 17.8. The van der Waals surface area contributed by atoms with Gasteiger partial charge < -0.3 is 10.2 Å². The van der Waals surface area contributed by atoms with Crippen molar-refractivity contribution in [2.45, 2.75) is 6.54 Å². The van der Waals surface area contributed by atoms with Crippen molar-refractivity contribution in [1.82, 2.24) is 9.80 Å². The van der Waals surface area contributed by atoms with Crippen LogP contribution in [0.3, 0.4) is 0 Å². The molecule has 2 aromatic rings. The van der Waals surface area contributed by atoms with E-state index in [-0.39, 0.29) is 16.9 Å². The zero-order valence-corrected chi connectivity index (χ0v) is 14.3. The highest BCUT2D eigenvalue weighted by Crippen LogP contribution is 2.20. The standard InChI is InChI=1S/C18H18ClF2N3O/c19-15-11-14(5-6-17(15)21)22-18(25)24-9-7-23(8-10-24)12-13-3-1-2-4-16(13)20/h1-6,11H,7-10,12H2,(H,22,25). The van der Waals surface area contributed by atoms with Crippen LogP contribution in [-0.2, 0) is 6.54 Å². The van der Waals surface area contributed by atoms with Crippen molar-refractivity contribution in [1.29, 1.82) is 0 Å². The second-order valence-corrected chi connectivity index (χ2v) is 6.32. The monoisotopic (exact) mass is 365 g/mol. The number of hydrogen-bond donors (Lipinski definition) is 1. The molecule has 1 saturated heterocycles. The van der Waals surface area contributed by atoms with E-state index in [1.54, 1.807) is 17.0 Å². The molecule has 4 nitrogen and oxygen atoms in total. The van der Waals surface area contributed by atoms with Crippen LogP contribution >= 0.6 is 11.6 Å². The molecule has 1 aliphatic heterocycles. The minimum atomic E-state index is -0.526. The van der Waals surface area contributed by atoms with E-state index in [0.717, 1.165) is 0 Å². The van der Waals surface area contributed by atoms with E-state index in [1.165, 1.54) is 24.3 Å². The Labute approximate surface area is 150 Å². The lowest BCUT2D eigenvalue weighted by Gasteiger charge is -2.34. The summed E-state index contributed by atoms with van der Waals surface area (Å²) in [7, 11) is 0. The minimum Gasteiger partial charge on any atom is -0.322 e. The van der Waals surface area contributed by atoms with Gasteiger partial charge in [0.15, 0.2) is 0 Å². The molecule has 132 valence electrons. The molecule has 1 aliphatic rings. The molecule has 0 spiro atoms. The molecule has 2 amide bonds. The van der Waals surface area contributed by atoms with Crippen molar-refractivity contribution in [3.63, 3.8) is 0 Å². The second kappa shape index (κ2) is 7.80. The van der Waals surface area contributed by atoms with E-state index in [2.05, 4.69) is 10.2 Å². The highest BCUT2D eigenvalue weighted by molar-refractivity contribution is 6.31. The molecule has 0 unspecified atom stereocenters. The Balaban J connectivity index is 1.52. The summed E-state index contributed by atoms with van der Waals surface area (Å²) in [5.41, 5.74) is 1.10. The summed E-state index contributed by atoms with van der Waals surface area (Å²) in [5.74, 6) is -0.739. The maximum absolute atomic E-state index is 13.7. The van der Waals surface area contributed by atoms with E-state index in [9.17, 15) is 13.6 Å². The lowest BCUT2D eigenvalue weighted by molar-refractivity contribution is 0.142. The van der Waals surface area contributed by atoms with Crippen LogP contribution in [0.2, 0.25) is 5.02 Å². The molecule has 1 fully saturated rings. The van der Waals surface area contributed by atoms with Gasteiger partial charge in [-0.3, -0.25) is 4.90 Å². The van der Waals surface area contributed by atoms with Crippen LogP contribution < -0.4 is 5.32 Å². The molecule has 1 heterocycles. The van der Waals surface area contributed by atoms with Crippen molar-refractivity contribution >= 4 is 23.3 Å². The highest BCUT2D eigenvalue weighted by atomic mass is 35.5. The summed E-state index contributed by atoms with van der Waals surface area (Å²) >= 11 is 5.71. The number of halogens is 3. The fourth-order valence-corrected chi connectivity index (χ4v) is 2.93. The molecule has 0 aromatic heterocycles. The minimum absolute atomic E-state index is 0.0347. The number of piperazine rings is 1. The molecule has 0 aliphatic carbocycles. The van der Waals surface area contributed by atoms with Gasteiger partial charge in [0.05, 0.1) is 5.02 Å². The van der Waals surface area contributed by atoms with Crippen molar-refractivity contribution in [3.8, 4) is 0 Å². The first kappa shape index (κ1) is 17.6. The van der Waals surface area contributed by atoms with Gasteiger partial charge in [0.1, 0.15) is 11.6 Å². The van der Waals surface area contributed by atoms with Gasteiger partial charge in [-0.2, -0.15) is 0 Å². The lowest BCUT2D eigenvalue weighted by Crippen LogP contribution is -2.49. The van der Waals surface area contributed by atoms with Crippen molar-refractivity contribution < 1.29 is 13.6 Å². The van der Waals surface area contributed by atoms with Crippen LogP contribution in [0.4, 0.5) is 19.3 Å². The third-order valence-corrected chi connectivity index (χ3v) is 4.47. The largest absolute Gasteiger partial charge is 0.322 e. The van der Waals surface area contributed by atoms with Gasteiger partial charge in [-0.05, 0) is 24.3 Å². The van der Waals surface area contributed by atoms with Crippen LogP contribution in [0.1, 0.15) is 5.56 Å². The van der Waals surface area contributed by atoms with Crippen LogP contribution in [-0.4, -0.2) is 42.0 Å². The van der Waals surface area contributed by atoms with E-state index in [4.69, 9.17) is 11.6 Å². The average molecular weight is 366 g/mol. The van der Waals surface area contributed by atoms with Crippen molar-refractivity contribution in [3.05, 3.63) is 64.7 Å². The molecule has 0 atom stereocenters. The number of benzene rings is 2. The van der Waals surface area contributed by atoms with Crippen molar-refractivity contribution in [2.24, 2.45) is 0 Å². The first-order valence-electron chi connectivity index (χ1n) is 7.99. The highest BCUT2D eigenvalue weighted by Gasteiger charge is 2.22. The normalized spacial score (nSPS) is 15.2. The number of amides is 2. The van der Waals surface area contributed by atoms with Crippen LogP contribution in [0.15, 0.2) is 42.5 Å². The molecule has 1 N–H and O–H groups in total. The lowest BCUT2D eigenvalue weighted by atomic mass is 10.2. The predicted molar refractivity (Wildman–Crippen MR) is 93.7 cm³/mol. The summed E-state index contributed by atoms with van der Waals surface area (Å²) in [6.45, 7) is 2.91. The molecular weight excluding hydrogens is 348 g/mol. The fourth-order valence-electron chi connectivity index (χ4n) is 2.75. The zero-order valence-electron chi connectivity index (χ0n) is 13.5. The van der Waals surface area contributed by atoms with Crippen LogP contribution in [0.25, 0.3) is 0 Å². The molecule has 0 bridgehead atoms. The third-order valence-electron chi connectivity index (χ3n) is 4.18. The number of carbonyl (C=O) groups excluding carboxylic acids is 1. The Bertz CT molecular complexity index is 764. The van der Waals surface area contributed by atoms with Gasteiger partial charge in [0.2, 0.25) is 0 Å². The average Bonchev–Trinajstić information content (AvgIpc) is 2.61. The third kappa shape index (κ3) is 4.46. The van der Waals surface area contributed by atoms with Gasteiger partial charge >= 0.3 is 6.03 Å². The summed E-state index contributed by atoms with van der Waals surface area (Å²) in [6.07, 6.45) is 0. The maximum atomic E-state index is 13.7. The van der Waals surface area contributed by atoms with Crippen molar-refractivity contribution in [2.75, 3.05) is 31.5 Å². The van der Waals surface area contributed by atoms with E-state index in [0.29, 0.717) is 44.0 Å². The smallest absolute Gasteiger partial charge is 0.321 e. The number of anilines is 1. The quantitative estimate of drug-likeness (QED) is 0.893. The van der Waals surface area contributed by atoms with Gasteiger partial charge in [-0.25, -0.2) is 13.6 Å². The molecule has 3 rings (SSSR count). The Morgan fingerprint density at radius 3 is 2.44 bits per heavy atom. The summed E-state index contributed by atoms with van der Waals surface area (Å²) in [5, 5.41) is 2.68. The first-order valence-corrected chi connectivity index (χ1v) is 8.37. The molecule has 7 heteroatoms. The second-order valence-electron chi connectivity index (χ2n) is 5.91. The van der Waals surface area contributed by atoms with Gasteiger partial charge in [-0.1, -0.05) is 29.8 Å². The predicted octanol–water partition coefficient (Wildman–Crippen LogP) is 3.97. The topological polar surface area (TPSA) is 35.6 Å². The summed E-state index contributed by atoms with van der Waals surface area (Å²) in [4.78, 5) is 16.1. The van der Waals surface area contributed by atoms with E-state index < -0.39 is 5.82 Å². The fraction of sp³-hybridized carbons (Fsp3) is 0.278. The Kier molecular flexibility index (Phi) is 5.50. The van der Waals surface area contributed by atoms with Gasteiger partial charge in [0, 0.05) is 44.0 Å². The van der Waals surface area contributed by atoms with E-state index in [1.807, 2.05) is 6.07 Å². The van der Waals surface area contributed by atoms with Gasteiger partial charge in [0.25, 0.3) is 0 Å². The summed E-state index contributed by atoms with van der Waals surface area (Å²) in [6, 6.07) is 10.5. The van der Waals surface area contributed by atoms with E-state index >= 15 is 0 Å². The molecule has 2 aromatic carbocycles. The number of carbonyl (C=O) groups is 1. The first-order chi connectivity index (χ1) is 12.0. The number of urea groups is 1. The number of nitrogens with zero attached hydrogens (tertiary/aromatic N) is 2. The Morgan fingerprint density at radius 1 is 1.04 bits per heavy atom. The molecule has 0 saturated carbocycles. The SMILES string of the molecule is O=C(Nc1ccc(F)c(Cl)c1)N1CCN(Cc2ccccc2F)CC1. The van der Waals surface area contributed by atoms with Crippen LogP contribution in [0.5, 0.6) is 0 Å². The number of nitrogens with one attached hydrogen (secondary N) is 1.